The van der Waals surface area contributed by atoms with Gasteiger partial charge in [0, 0.05) is 30.8 Å². The molecule has 0 atom stereocenters. The molecular formula is C30H27N7O6S. The van der Waals surface area contributed by atoms with Gasteiger partial charge < -0.3 is 16.0 Å². The summed E-state index contributed by atoms with van der Waals surface area (Å²) in [4.78, 5) is 35.8. The first-order valence-electron chi connectivity index (χ1n) is 13.0. The number of hydrogen-bond donors (Lipinski definition) is 4. The molecule has 0 spiro atoms. The highest BCUT2D eigenvalue weighted by Gasteiger charge is 2.17. The van der Waals surface area contributed by atoms with Gasteiger partial charge in [-0.2, -0.15) is 18.6 Å². The summed E-state index contributed by atoms with van der Waals surface area (Å²) in [6, 6.07) is 21.5. The van der Waals surface area contributed by atoms with Gasteiger partial charge in [-0.05, 0) is 79.7 Å². The summed E-state index contributed by atoms with van der Waals surface area (Å²) in [6.45, 7) is 3.21. The molecule has 224 valence electrons. The summed E-state index contributed by atoms with van der Waals surface area (Å²) in [7, 11) is -3.23. The molecule has 0 saturated heterocycles. The van der Waals surface area contributed by atoms with Crippen LogP contribution in [0.2, 0.25) is 0 Å². The molecule has 0 aromatic heterocycles. The molecule has 4 rings (SSSR count). The molecule has 0 unspecified atom stereocenters. The molecule has 4 aromatic rings. The summed E-state index contributed by atoms with van der Waals surface area (Å²) >= 11 is 0. The molecule has 14 heteroatoms. The molecule has 0 fully saturated rings. The van der Waals surface area contributed by atoms with Crippen LogP contribution < -0.4 is 16.0 Å². The number of carbonyl (C=O) groups excluding carboxylic acids is 3. The van der Waals surface area contributed by atoms with Crippen LogP contribution in [0.4, 0.5) is 34.1 Å². The van der Waals surface area contributed by atoms with Crippen molar-refractivity contribution >= 4 is 62.0 Å². The second-order valence-electron chi connectivity index (χ2n) is 9.39. The fourth-order valence-corrected chi connectivity index (χ4v) is 4.44. The number of anilines is 2. The number of hydrogen-bond acceptors (Lipinski definition) is 9. The van der Waals surface area contributed by atoms with Crippen molar-refractivity contribution < 1.29 is 27.4 Å². The van der Waals surface area contributed by atoms with Crippen LogP contribution in [0.5, 0.6) is 0 Å². The molecule has 0 aliphatic rings. The molecule has 0 radical (unpaired) electrons. The van der Waals surface area contributed by atoms with E-state index in [0.29, 0.717) is 22.5 Å². The van der Waals surface area contributed by atoms with E-state index in [1.165, 1.54) is 68.6 Å². The lowest BCUT2D eigenvalue weighted by atomic mass is 10.1. The second kappa shape index (κ2) is 13.6. The topological polar surface area (TPSA) is 191 Å². The van der Waals surface area contributed by atoms with Crippen LogP contribution in [-0.2, 0) is 14.9 Å². The van der Waals surface area contributed by atoms with Crippen LogP contribution >= 0.6 is 0 Å². The van der Waals surface area contributed by atoms with Gasteiger partial charge >= 0.3 is 0 Å². The number of amides is 3. The first-order chi connectivity index (χ1) is 20.9. The SMILES string of the molecule is CNC(=O)c1ccc(C(=O)Nc2ccc(N=Nc3ccc(N=Nc4ccc(C)cc4)cc3S(=O)(=O)O)c(NC(C)=O)c2)cc1. The lowest BCUT2D eigenvalue weighted by Gasteiger charge is -2.11. The molecule has 0 bridgehead atoms. The van der Waals surface area contributed by atoms with Crippen LogP contribution in [0.15, 0.2) is 110 Å². The van der Waals surface area contributed by atoms with Crippen molar-refractivity contribution in [1.82, 2.24) is 5.32 Å². The molecule has 13 nitrogen and oxygen atoms in total. The third kappa shape index (κ3) is 8.24. The van der Waals surface area contributed by atoms with E-state index in [-0.39, 0.29) is 28.7 Å². The molecule has 0 aliphatic carbocycles. The van der Waals surface area contributed by atoms with E-state index in [2.05, 4.69) is 36.4 Å². The Hall–Kier alpha value is -5.60. The van der Waals surface area contributed by atoms with Gasteiger partial charge in [0.15, 0.2) is 0 Å². The third-order valence-corrected chi connectivity index (χ3v) is 6.89. The summed E-state index contributed by atoms with van der Waals surface area (Å²) in [5.74, 6) is -1.18. The Morgan fingerprint density at radius 2 is 1.25 bits per heavy atom. The Kier molecular flexibility index (Phi) is 9.67. The van der Waals surface area contributed by atoms with E-state index in [1.54, 1.807) is 12.1 Å². The summed E-state index contributed by atoms with van der Waals surface area (Å²) < 4.78 is 34.1. The van der Waals surface area contributed by atoms with Gasteiger partial charge in [-0.1, -0.05) is 17.7 Å². The van der Waals surface area contributed by atoms with Gasteiger partial charge in [0.05, 0.1) is 17.1 Å². The average molecular weight is 614 g/mol. The van der Waals surface area contributed by atoms with Crippen LogP contribution in [0.1, 0.15) is 33.2 Å². The van der Waals surface area contributed by atoms with Crippen molar-refractivity contribution in [3.8, 4) is 0 Å². The van der Waals surface area contributed by atoms with Gasteiger partial charge in [0.25, 0.3) is 21.9 Å². The maximum atomic E-state index is 12.8. The fourth-order valence-electron chi connectivity index (χ4n) is 3.80. The van der Waals surface area contributed by atoms with Crippen molar-refractivity contribution in [3.05, 3.63) is 102 Å². The first-order valence-corrected chi connectivity index (χ1v) is 14.4. The molecule has 3 amide bonds. The Labute approximate surface area is 252 Å². The molecule has 0 aliphatic heterocycles. The van der Waals surface area contributed by atoms with E-state index in [0.717, 1.165) is 11.6 Å². The normalized spacial score (nSPS) is 11.5. The first kappa shape index (κ1) is 31.3. The van der Waals surface area contributed by atoms with Crippen molar-refractivity contribution in [2.24, 2.45) is 20.5 Å². The number of azo groups is 2. The standard InChI is InChI=1S/C30H27N7O6S/c1-18-4-10-22(11-5-18)34-35-24-13-15-26(28(17-24)44(41,42)43)37-36-25-14-12-23(16-27(25)32-19(2)38)33-30(40)21-8-6-20(7-9-21)29(39)31-3/h4-17H,1-3H3,(H,31,39)(H,32,38)(H,33,40)(H,41,42,43). The molecule has 0 heterocycles. The largest absolute Gasteiger partial charge is 0.355 e. The van der Waals surface area contributed by atoms with Crippen molar-refractivity contribution in [2.45, 2.75) is 18.7 Å². The van der Waals surface area contributed by atoms with E-state index in [1.807, 2.05) is 19.1 Å². The van der Waals surface area contributed by atoms with Crippen LogP contribution in [0.3, 0.4) is 0 Å². The van der Waals surface area contributed by atoms with Gasteiger partial charge in [0.1, 0.15) is 16.3 Å². The van der Waals surface area contributed by atoms with Gasteiger partial charge in [-0.15, -0.1) is 10.2 Å². The Morgan fingerprint density at radius 1 is 0.682 bits per heavy atom. The Balaban J connectivity index is 1.59. The minimum absolute atomic E-state index is 0.137. The quantitative estimate of drug-likeness (QED) is 0.121. The highest BCUT2D eigenvalue weighted by molar-refractivity contribution is 7.86. The number of carbonyl (C=O) groups is 3. The zero-order valence-corrected chi connectivity index (χ0v) is 24.6. The summed E-state index contributed by atoms with van der Waals surface area (Å²) in [5.41, 5.74) is 2.87. The number of nitrogens with one attached hydrogen (secondary N) is 3. The number of benzene rings is 4. The van der Waals surface area contributed by atoms with Crippen LogP contribution in [-0.4, -0.2) is 37.7 Å². The zero-order valence-electron chi connectivity index (χ0n) is 23.8. The van der Waals surface area contributed by atoms with E-state index in [4.69, 9.17) is 0 Å². The zero-order chi connectivity index (χ0) is 31.9. The maximum Gasteiger partial charge on any atom is 0.296 e. The predicted octanol–water partition coefficient (Wildman–Crippen LogP) is 6.64. The van der Waals surface area contributed by atoms with Gasteiger partial charge in [0.2, 0.25) is 5.91 Å². The van der Waals surface area contributed by atoms with Gasteiger partial charge in [-0.25, -0.2) is 0 Å². The summed E-state index contributed by atoms with van der Waals surface area (Å²) in [5, 5.41) is 24.0. The Morgan fingerprint density at radius 3 is 1.86 bits per heavy atom. The van der Waals surface area contributed by atoms with Crippen molar-refractivity contribution in [1.29, 1.82) is 0 Å². The second-order valence-corrected chi connectivity index (χ2v) is 10.8. The predicted molar refractivity (Wildman–Crippen MR) is 164 cm³/mol. The van der Waals surface area contributed by atoms with Gasteiger partial charge in [-0.3, -0.25) is 18.9 Å². The molecule has 0 saturated carbocycles. The van der Waals surface area contributed by atoms with E-state index < -0.39 is 26.8 Å². The smallest absolute Gasteiger partial charge is 0.296 e. The lowest BCUT2D eigenvalue weighted by molar-refractivity contribution is -0.114. The third-order valence-electron chi connectivity index (χ3n) is 6.00. The van der Waals surface area contributed by atoms with Crippen molar-refractivity contribution in [3.63, 3.8) is 0 Å². The average Bonchev–Trinajstić information content (AvgIpc) is 2.99. The fraction of sp³-hybridized carbons (Fsp3) is 0.100. The highest BCUT2D eigenvalue weighted by Crippen LogP contribution is 2.34. The molecular weight excluding hydrogens is 586 g/mol. The van der Waals surface area contributed by atoms with Crippen LogP contribution in [0, 0.1) is 6.92 Å². The summed E-state index contributed by atoms with van der Waals surface area (Å²) in [6.07, 6.45) is 0. The number of nitrogens with zero attached hydrogens (tertiary/aromatic N) is 4. The monoisotopic (exact) mass is 613 g/mol. The number of aryl methyl sites for hydroxylation is 1. The molecule has 44 heavy (non-hydrogen) atoms. The number of rotatable bonds is 9. The molecule has 4 aromatic carbocycles. The van der Waals surface area contributed by atoms with Crippen LogP contribution in [0.25, 0.3) is 0 Å². The maximum absolute atomic E-state index is 12.8. The minimum atomic E-state index is -4.73. The Bertz CT molecular complexity index is 1890. The van der Waals surface area contributed by atoms with E-state index in [9.17, 15) is 27.4 Å². The van der Waals surface area contributed by atoms with Crippen molar-refractivity contribution in [2.75, 3.05) is 17.7 Å². The highest BCUT2D eigenvalue weighted by atomic mass is 32.2. The lowest BCUT2D eigenvalue weighted by Crippen LogP contribution is -2.18. The molecule has 4 N–H and O–H groups in total. The minimum Gasteiger partial charge on any atom is -0.355 e. The van der Waals surface area contributed by atoms with E-state index >= 15 is 0 Å².